The van der Waals surface area contributed by atoms with E-state index in [2.05, 4.69) is 4.90 Å². The van der Waals surface area contributed by atoms with Crippen molar-refractivity contribution in [1.82, 2.24) is 4.90 Å². The number of hydrogen-bond acceptors (Lipinski definition) is 2. The van der Waals surface area contributed by atoms with E-state index in [9.17, 15) is 9.18 Å². The average Bonchev–Trinajstić information content (AvgIpc) is 2.15. The van der Waals surface area contributed by atoms with E-state index in [0.717, 1.165) is 25.9 Å². The number of nitrogens with zero attached hydrogens (tertiary/aromatic N) is 1. The Morgan fingerprint density at radius 1 is 1.38 bits per heavy atom. The highest BCUT2D eigenvalue weighted by molar-refractivity contribution is 5.89. The number of halogens is 1. The summed E-state index contributed by atoms with van der Waals surface area (Å²) in [6.07, 6.45) is 4.82. The molecule has 1 rings (SSSR count). The van der Waals surface area contributed by atoms with Crippen molar-refractivity contribution >= 4 is 5.91 Å². The normalized spacial score (nSPS) is 20.2. The molecule has 1 fully saturated rings. The molecule has 13 heavy (non-hydrogen) atoms. The Balaban J connectivity index is 2.31. The number of hydrogen-bond donors (Lipinski definition) is 1. The quantitative estimate of drug-likeness (QED) is 0.663. The molecule has 1 amide bonds. The van der Waals surface area contributed by atoms with Crippen molar-refractivity contribution in [1.29, 1.82) is 0 Å². The standard InChI is InChI=1S/C9H15FN2O/c10-8(9(11)13)4-7-12-5-2-1-3-6-12/h4H,1-3,5-7H2,(H2,11,13). The molecule has 0 spiro atoms. The summed E-state index contributed by atoms with van der Waals surface area (Å²) < 4.78 is 12.6. The number of rotatable bonds is 3. The molecular weight excluding hydrogens is 171 g/mol. The van der Waals surface area contributed by atoms with Crippen LogP contribution in [0.1, 0.15) is 19.3 Å². The van der Waals surface area contributed by atoms with Gasteiger partial charge in [0.25, 0.3) is 5.91 Å². The third-order valence-electron chi connectivity index (χ3n) is 2.21. The van der Waals surface area contributed by atoms with Gasteiger partial charge in [0.2, 0.25) is 0 Å². The summed E-state index contributed by atoms with van der Waals surface area (Å²) in [5, 5.41) is 0. The Morgan fingerprint density at radius 3 is 2.54 bits per heavy atom. The van der Waals surface area contributed by atoms with E-state index in [1.807, 2.05) is 0 Å². The summed E-state index contributed by atoms with van der Waals surface area (Å²) in [5.74, 6) is -1.80. The van der Waals surface area contributed by atoms with Crippen molar-refractivity contribution in [2.45, 2.75) is 19.3 Å². The van der Waals surface area contributed by atoms with Crippen molar-refractivity contribution < 1.29 is 9.18 Å². The van der Waals surface area contributed by atoms with Crippen molar-refractivity contribution in [3.05, 3.63) is 11.9 Å². The SMILES string of the molecule is NC(=O)C(F)=CCN1CCCCC1. The van der Waals surface area contributed by atoms with Gasteiger partial charge in [-0.1, -0.05) is 6.42 Å². The molecule has 0 saturated carbocycles. The molecule has 1 saturated heterocycles. The fourth-order valence-corrected chi connectivity index (χ4v) is 1.45. The van der Waals surface area contributed by atoms with Crippen LogP contribution < -0.4 is 5.73 Å². The van der Waals surface area contributed by atoms with Crippen LogP contribution in [0.5, 0.6) is 0 Å². The average molecular weight is 186 g/mol. The number of nitrogens with two attached hydrogens (primary N) is 1. The minimum atomic E-state index is -0.975. The summed E-state index contributed by atoms with van der Waals surface area (Å²) >= 11 is 0. The summed E-state index contributed by atoms with van der Waals surface area (Å²) in [5.41, 5.74) is 4.75. The van der Waals surface area contributed by atoms with Crippen LogP contribution in [0.3, 0.4) is 0 Å². The third-order valence-corrected chi connectivity index (χ3v) is 2.21. The van der Waals surface area contributed by atoms with Gasteiger partial charge >= 0.3 is 0 Å². The molecule has 1 aliphatic heterocycles. The second kappa shape index (κ2) is 4.97. The van der Waals surface area contributed by atoms with Crippen molar-refractivity contribution in [2.75, 3.05) is 19.6 Å². The van der Waals surface area contributed by atoms with Crippen LogP contribution >= 0.6 is 0 Å². The van der Waals surface area contributed by atoms with Gasteiger partial charge in [0.05, 0.1) is 0 Å². The molecule has 0 aliphatic carbocycles. The van der Waals surface area contributed by atoms with Gasteiger partial charge in [0.15, 0.2) is 5.83 Å². The first kappa shape index (κ1) is 10.2. The maximum absolute atomic E-state index is 12.6. The van der Waals surface area contributed by atoms with Gasteiger partial charge in [-0.2, -0.15) is 0 Å². The highest BCUT2D eigenvalue weighted by atomic mass is 19.1. The number of carbonyl (C=O) groups excluding carboxylic acids is 1. The van der Waals surface area contributed by atoms with E-state index in [0.29, 0.717) is 6.54 Å². The number of likely N-dealkylation sites (tertiary alicyclic amines) is 1. The van der Waals surface area contributed by atoms with Crippen LogP contribution in [0.25, 0.3) is 0 Å². The highest BCUT2D eigenvalue weighted by Gasteiger charge is 2.09. The molecule has 3 nitrogen and oxygen atoms in total. The fraction of sp³-hybridized carbons (Fsp3) is 0.667. The summed E-state index contributed by atoms with van der Waals surface area (Å²) in [4.78, 5) is 12.4. The minimum absolute atomic E-state index is 0.495. The summed E-state index contributed by atoms with van der Waals surface area (Å²) in [7, 11) is 0. The smallest absolute Gasteiger partial charge is 0.277 e. The molecule has 0 bridgehead atoms. The largest absolute Gasteiger partial charge is 0.364 e. The Bertz CT molecular complexity index is 210. The zero-order chi connectivity index (χ0) is 9.68. The Labute approximate surface area is 77.4 Å². The van der Waals surface area contributed by atoms with Crippen LogP contribution in [0.15, 0.2) is 11.9 Å². The highest BCUT2D eigenvalue weighted by Crippen LogP contribution is 2.08. The molecule has 0 unspecified atom stereocenters. The first-order chi connectivity index (χ1) is 6.20. The van der Waals surface area contributed by atoms with E-state index in [4.69, 9.17) is 5.73 Å². The number of amides is 1. The van der Waals surface area contributed by atoms with Gasteiger partial charge in [0.1, 0.15) is 0 Å². The lowest BCUT2D eigenvalue weighted by Crippen LogP contribution is -2.30. The first-order valence-electron chi connectivity index (χ1n) is 4.58. The van der Waals surface area contributed by atoms with Crippen LogP contribution in [0.4, 0.5) is 4.39 Å². The lowest BCUT2D eigenvalue weighted by molar-refractivity contribution is -0.115. The van der Waals surface area contributed by atoms with E-state index < -0.39 is 11.7 Å². The van der Waals surface area contributed by atoms with E-state index >= 15 is 0 Å². The molecule has 74 valence electrons. The maximum Gasteiger partial charge on any atom is 0.277 e. The van der Waals surface area contributed by atoms with Crippen LogP contribution in [0.2, 0.25) is 0 Å². The van der Waals surface area contributed by atoms with Gasteiger partial charge in [-0.3, -0.25) is 9.69 Å². The lowest BCUT2D eigenvalue weighted by Gasteiger charge is -2.24. The molecule has 0 radical (unpaired) electrons. The Hall–Kier alpha value is -0.900. The van der Waals surface area contributed by atoms with E-state index in [-0.39, 0.29) is 0 Å². The molecule has 1 heterocycles. The second-order valence-corrected chi connectivity index (χ2v) is 3.28. The minimum Gasteiger partial charge on any atom is -0.364 e. The van der Waals surface area contributed by atoms with Crippen molar-refractivity contribution in [3.63, 3.8) is 0 Å². The fourth-order valence-electron chi connectivity index (χ4n) is 1.45. The van der Waals surface area contributed by atoms with Gasteiger partial charge in [-0.15, -0.1) is 0 Å². The van der Waals surface area contributed by atoms with E-state index in [1.165, 1.54) is 12.5 Å². The lowest BCUT2D eigenvalue weighted by atomic mass is 10.1. The second-order valence-electron chi connectivity index (χ2n) is 3.28. The Morgan fingerprint density at radius 2 is 2.00 bits per heavy atom. The molecule has 0 aromatic heterocycles. The topological polar surface area (TPSA) is 46.3 Å². The summed E-state index contributed by atoms with van der Waals surface area (Å²) in [6, 6.07) is 0. The van der Waals surface area contributed by atoms with Crippen molar-refractivity contribution in [3.8, 4) is 0 Å². The molecule has 0 atom stereocenters. The van der Waals surface area contributed by atoms with Crippen LogP contribution in [-0.2, 0) is 4.79 Å². The van der Waals surface area contributed by atoms with E-state index in [1.54, 1.807) is 0 Å². The first-order valence-corrected chi connectivity index (χ1v) is 4.58. The number of primary amides is 1. The number of piperidine rings is 1. The molecular formula is C9H15FN2O. The maximum atomic E-state index is 12.6. The number of carbonyl (C=O) groups is 1. The molecule has 2 N–H and O–H groups in total. The molecule has 0 aromatic carbocycles. The monoisotopic (exact) mass is 186 g/mol. The zero-order valence-electron chi connectivity index (χ0n) is 7.63. The predicted molar refractivity (Wildman–Crippen MR) is 48.7 cm³/mol. The van der Waals surface area contributed by atoms with Crippen molar-refractivity contribution in [2.24, 2.45) is 5.73 Å². The van der Waals surface area contributed by atoms with Crippen LogP contribution in [0, 0.1) is 0 Å². The van der Waals surface area contributed by atoms with Gasteiger partial charge in [-0.05, 0) is 32.0 Å². The van der Waals surface area contributed by atoms with Gasteiger partial charge < -0.3 is 5.73 Å². The molecule has 1 aliphatic rings. The Kier molecular flexibility index (Phi) is 3.89. The van der Waals surface area contributed by atoms with Crippen LogP contribution in [-0.4, -0.2) is 30.4 Å². The summed E-state index contributed by atoms with van der Waals surface area (Å²) in [6.45, 7) is 2.47. The van der Waals surface area contributed by atoms with Gasteiger partial charge in [-0.25, -0.2) is 4.39 Å². The zero-order valence-corrected chi connectivity index (χ0v) is 7.63. The molecule has 0 aromatic rings. The third kappa shape index (κ3) is 3.55. The predicted octanol–water partition coefficient (Wildman–Crippen LogP) is 0.811. The molecule has 4 heteroatoms. The van der Waals surface area contributed by atoms with Gasteiger partial charge in [0, 0.05) is 6.54 Å².